The number of rotatable bonds is 7. The number of pyridine rings is 2. The van der Waals surface area contributed by atoms with Gasteiger partial charge in [-0.1, -0.05) is 5.16 Å². The summed E-state index contributed by atoms with van der Waals surface area (Å²) in [5, 5.41) is 5.23. The van der Waals surface area contributed by atoms with Crippen molar-refractivity contribution in [3.63, 3.8) is 0 Å². The highest BCUT2D eigenvalue weighted by molar-refractivity contribution is 6.00. The van der Waals surface area contributed by atoms with E-state index in [0.717, 1.165) is 39.8 Å². The van der Waals surface area contributed by atoms with Gasteiger partial charge in [0, 0.05) is 30.4 Å². The topological polar surface area (TPSA) is 91.2 Å². The number of hydrogen-bond acceptors (Lipinski definition) is 6. The smallest absolute Gasteiger partial charge is 0.142 e. The van der Waals surface area contributed by atoms with Crippen LogP contribution in [0, 0.1) is 6.92 Å². The van der Waals surface area contributed by atoms with Crippen molar-refractivity contribution in [3.8, 4) is 11.4 Å². The zero-order valence-electron chi connectivity index (χ0n) is 17.1. The van der Waals surface area contributed by atoms with Gasteiger partial charge in [0.05, 0.1) is 35.6 Å². The van der Waals surface area contributed by atoms with Crippen LogP contribution in [-0.2, 0) is 24.9 Å². The van der Waals surface area contributed by atoms with Crippen LogP contribution in [0.15, 0.2) is 60.4 Å². The molecule has 0 aliphatic heterocycles. The molecule has 0 radical (unpaired) electrons. The molecule has 152 valence electrons. The van der Waals surface area contributed by atoms with Crippen molar-refractivity contribution in [1.82, 2.24) is 19.5 Å². The Kier molecular flexibility index (Phi) is 5.81. The van der Waals surface area contributed by atoms with Gasteiger partial charge in [0.2, 0.25) is 0 Å². The normalized spacial score (nSPS) is 11.4. The van der Waals surface area contributed by atoms with Gasteiger partial charge in [-0.25, -0.2) is 9.97 Å². The molecule has 1 aromatic carbocycles. The van der Waals surface area contributed by atoms with E-state index in [1.54, 1.807) is 24.9 Å². The van der Waals surface area contributed by atoms with Crippen molar-refractivity contribution in [2.45, 2.75) is 20.0 Å². The van der Waals surface area contributed by atoms with E-state index in [-0.39, 0.29) is 0 Å². The van der Waals surface area contributed by atoms with Crippen LogP contribution in [0.25, 0.3) is 22.3 Å². The second-order valence-corrected chi connectivity index (χ2v) is 7.18. The largest absolute Gasteiger partial charge is 0.391 e. The number of imidazole rings is 1. The fourth-order valence-corrected chi connectivity index (χ4v) is 3.40. The van der Waals surface area contributed by atoms with E-state index in [1.807, 2.05) is 36.0 Å². The summed E-state index contributed by atoms with van der Waals surface area (Å²) in [5.74, 6) is 0. The molecule has 2 N–H and O–H groups in total. The van der Waals surface area contributed by atoms with Crippen LogP contribution >= 0.6 is 0 Å². The molecule has 3 heterocycles. The van der Waals surface area contributed by atoms with Crippen LogP contribution < -0.4 is 5.73 Å². The number of benzene rings is 1. The van der Waals surface area contributed by atoms with Gasteiger partial charge in [0.25, 0.3) is 0 Å². The minimum absolute atomic E-state index is 0.383. The fourth-order valence-electron chi connectivity index (χ4n) is 3.40. The van der Waals surface area contributed by atoms with Gasteiger partial charge in [-0.15, -0.1) is 0 Å². The average molecular weight is 400 g/mol. The minimum Gasteiger partial charge on any atom is -0.391 e. The molecule has 0 bridgehead atoms. The van der Waals surface area contributed by atoms with Gasteiger partial charge in [0.15, 0.2) is 0 Å². The summed E-state index contributed by atoms with van der Waals surface area (Å²) in [6.45, 7) is 3.08. The molecule has 30 heavy (non-hydrogen) atoms. The lowest BCUT2D eigenvalue weighted by Gasteiger charge is -2.11. The van der Waals surface area contributed by atoms with Crippen molar-refractivity contribution >= 4 is 17.1 Å². The number of aryl methyl sites for hydroxylation is 2. The molecule has 0 amide bonds. The molecule has 0 saturated carbocycles. The Morgan fingerprint density at radius 3 is 2.73 bits per heavy atom. The number of nitrogens with zero attached hydrogens (tertiary/aromatic N) is 5. The maximum absolute atomic E-state index is 5.79. The molecule has 3 aromatic heterocycles. The van der Waals surface area contributed by atoms with E-state index < -0.39 is 0 Å². The highest BCUT2D eigenvalue weighted by atomic mass is 16.6. The third kappa shape index (κ3) is 4.21. The lowest BCUT2D eigenvalue weighted by atomic mass is 9.99. The standard InChI is InChI=1S/C23H24N6O/c1-16-9-21-20(10-18(16)3-6-24)19(11-22(28-21)23-13-26-15-29(23)2)12-27-30-14-17-4-7-25-8-5-17/h4-5,7-13,15H,3,6,14,24H2,1-2H3/b27-12+. The third-order valence-corrected chi connectivity index (χ3v) is 5.04. The van der Waals surface area contributed by atoms with E-state index >= 15 is 0 Å². The molecule has 0 aliphatic carbocycles. The first-order valence-corrected chi connectivity index (χ1v) is 9.81. The first kappa shape index (κ1) is 19.7. The van der Waals surface area contributed by atoms with E-state index in [4.69, 9.17) is 15.6 Å². The summed E-state index contributed by atoms with van der Waals surface area (Å²) < 4.78 is 1.95. The van der Waals surface area contributed by atoms with Crippen molar-refractivity contribution < 1.29 is 4.84 Å². The highest BCUT2D eigenvalue weighted by Gasteiger charge is 2.11. The van der Waals surface area contributed by atoms with Gasteiger partial charge in [-0.2, -0.15) is 0 Å². The summed E-state index contributed by atoms with van der Waals surface area (Å²) in [7, 11) is 1.95. The Morgan fingerprint density at radius 1 is 1.17 bits per heavy atom. The molecule has 0 unspecified atom stereocenters. The molecule has 0 fully saturated rings. The minimum atomic E-state index is 0.383. The summed E-state index contributed by atoms with van der Waals surface area (Å²) in [6, 6.07) is 10.1. The first-order chi connectivity index (χ1) is 14.7. The second-order valence-electron chi connectivity index (χ2n) is 7.18. The maximum Gasteiger partial charge on any atom is 0.142 e. The van der Waals surface area contributed by atoms with Gasteiger partial charge in [-0.05, 0) is 66.9 Å². The number of fused-ring (bicyclic) bond motifs is 1. The molecule has 7 heteroatoms. The van der Waals surface area contributed by atoms with Crippen molar-refractivity contribution in [2.24, 2.45) is 17.9 Å². The van der Waals surface area contributed by atoms with Crippen LogP contribution in [0.4, 0.5) is 0 Å². The van der Waals surface area contributed by atoms with Crippen LogP contribution in [0.5, 0.6) is 0 Å². The zero-order valence-corrected chi connectivity index (χ0v) is 17.1. The molecular formula is C23H24N6O. The Balaban J connectivity index is 1.73. The molecule has 7 nitrogen and oxygen atoms in total. The van der Waals surface area contributed by atoms with Crippen LogP contribution in [0.3, 0.4) is 0 Å². The first-order valence-electron chi connectivity index (χ1n) is 9.81. The molecule has 4 rings (SSSR count). The molecule has 0 aliphatic rings. The lowest BCUT2D eigenvalue weighted by Crippen LogP contribution is -2.05. The zero-order chi connectivity index (χ0) is 20.9. The average Bonchev–Trinajstić information content (AvgIpc) is 3.18. The van der Waals surface area contributed by atoms with Gasteiger partial charge < -0.3 is 15.1 Å². The summed E-state index contributed by atoms with van der Waals surface area (Å²) in [5.41, 5.74) is 12.8. The SMILES string of the molecule is Cc1cc2nc(-c3cncn3C)cc(/C=N/OCc3ccncc3)c2cc1CCN. The monoisotopic (exact) mass is 400 g/mol. The van der Waals surface area contributed by atoms with Crippen LogP contribution in [0.1, 0.15) is 22.3 Å². The molecule has 4 aromatic rings. The number of hydrogen-bond donors (Lipinski definition) is 1. The highest BCUT2D eigenvalue weighted by Crippen LogP contribution is 2.26. The van der Waals surface area contributed by atoms with E-state index in [1.165, 1.54) is 11.1 Å². The number of oxime groups is 1. The Labute approximate surface area is 175 Å². The number of aromatic nitrogens is 4. The van der Waals surface area contributed by atoms with Gasteiger partial charge in [0.1, 0.15) is 6.61 Å². The van der Waals surface area contributed by atoms with E-state index in [9.17, 15) is 0 Å². The summed E-state index contributed by atoms with van der Waals surface area (Å²) in [4.78, 5) is 18.6. The Hall–Kier alpha value is -3.58. The molecular weight excluding hydrogens is 376 g/mol. The molecule has 0 atom stereocenters. The fraction of sp³-hybridized carbons (Fsp3) is 0.217. The number of nitrogens with two attached hydrogens (primary N) is 1. The van der Waals surface area contributed by atoms with Gasteiger partial charge in [-0.3, -0.25) is 4.98 Å². The predicted octanol–water partition coefficient (Wildman–Crippen LogP) is 3.39. The maximum atomic E-state index is 5.79. The van der Waals surface area contributed by atoms with Crippen LogP contribution in [-0.4, -0.2) is 32.3 Å². The summed E-state index contributed by atoms with van der Waals surface area (Å²) in [6.07, 6.45) is 9.61. The van der Waals surface area contributed by atoms with E-state index in [0.29, 0.717) is 13.2 Å². The lowest BCUT2D eigenvalue weighted by molar-refractivity contribution is 0.132. The quantitative estimate of drug-likeness (QED) is 0.379. The summed E-state index contributed by atoms with van der Waals surface area (Å²) >= 11 is 0. The van der Waals surface area contributed by atoms with Crippen molar-refractivity contribution in [1.29, 1.82) is 0 Å². The molecule has 0 saturated heterocycles. The second kappa shape index (κ2) is 8.84. The molecule has 0 spiro atoms. The third-order valence-electron chi connectivity index (χ3n) is 5.04. The van der Waals surface area contributed by atoms with Crippen molar-refractivity contribution in [2.75, 3.05) is 6.54 Å². The predicted molar refractivity (Wildman–Crippen MR) is 118 cm³/mol. The van der Waals surface area contributed by atoms with Gasteiger partial charge >= 0.3 is 0 Å². The van der Waals surface area contributed by atoms with E-state index in [2.05, 4.69) is 34.2 Å². The van der Waals surface area contributed by atoms with Crippen molar-refractivity contribution in [3.05, 3.63) is 77.5 Å². The Bertz CT molecular complexity index is 1180. The van der Waals surface area contributed by atoms with Crippen LogP contribution in [0.2, 0.25) is 0 Å². The Morgan fingerprint density at radius 2 is 2.00 bits per heavy atom.